The van der Waals surface area contributed by atoms with Gasteiger partial charge >= 0.3 is 0 Å². The highest BCUT2D eigenvalue weighted by molar-refractivity contribution is 5.23. The average molecular weight is 231 g/mol. The molecule has 0 aromatic carbocycles. The minimum Gasteiger partial charge on any atom is -0.275 e. The summed E-state index contributed by atoms with van der Waals surface area (Å²) in [5.41, 5.74) is 6.11. The van der Waals surface area contributed by atoms with Gasteiger partial charge in [-0.15, -0.1) is 0 Å². The Morgan fingerprint density at radius 2 is 2.35 bits per heavy atom. The highest BCUT2D eigenvalue weighted by Gasteiger charge is 2.15. The predicted octanol–water partition coefficient (Wildman–Crippen LogP) is 0.871. The van der Waals surface area contributed by atoms with Crippen LogP contribution in [0.2, 0.25) is 0 Å². The van der Waals surface area contributed by atoms with E-state index in [1.54, 1.807) is 10.9 Å². The fourth-order valence-corrected chi connectivity index (χ4v) is 1.97. The van der Waals surface area contributed by atoms with Gasteiger partial charge in [-0.1, -0.05) is 6.07 Å². The van der Waals surface area contributed by atoms with E-state index >= 15 is 0 Å². The van der Waals surface area contributed by atoms with Gasteiger partial charge in [-0.2, -0.15) is 5.10 Å². The molecule has 0 aliphatic rings. The monoisotopic (exact) mass is 231 g/mol. The van der Waals surface area contributed by atoms with E-state index in [2.05, 4.69) is 15.5 Å². The third kappa shape index (κ3) is 2.69. The molecule has 0 fully saturated rings. The van der Waals surface area contributed by atoms with Crippen LogP contribution in [0.25, 0.3) is 0 Å². The first-order valence-corrected chi connectivity index (χ1v) is 5.56. The molecular weight excluding hydrogens is 214 g/mol. The van der Waals surface area contributed by atoms with Gasteiger partial charge in [0.25, 0.3) is 0 Å². The van der Waals surface area contributed by atoms with Gasteiger partial charge in [0.15, 0.2) is 0 Å². The van der Waals surface area contributed by atoms with Crippen LogP contribution in [-0.4, -0.2) is 14.8 Å². The van der Waals surface area contributed by atoms with E-state index in [-0.39, 0.29) is 6.04 Å². The molecular formula is C12H17N5. The van der Waals surface area contributed by atoms with Crippen molar-refractivity contribution in [2.24, 2.45) is 12.9 Å². The zero-order valence-electron chi connectivity index (χ0n) is 10.1. The molecule has 0 radical (unpaired) electrons. The molecule has 3 N–H and O–H groups in total. The topological polar surface area (TPSA) is 68.8 Å². The van der Waals surface area contributed by atoms with Crippen LogP contribution in [0.15, 0.2) is 30.7 Å². The largest absolute Gasteiger partial charge is 0.275 e. The molecule has 90 valence electrons. The van der Waals surface area contributed by atoms with Crippen molar-refractivity contribution in [1.29, 1.82) is 0 Å². The minimum atomic E-state index is 0.0629. The summed E-state index contributed by atoms with van der Waals surface area (Å²) in [7, 11) is 1.91. The van der Waals surface area contributed by atoms with Crippen LogP contribution >= 0.6 is 0 Å². The van der Waals surface area contributed by atoms with Crippen LogP contribution in [0.3, 0.4) is 0 Å². The highest BCUT2D eigenvalue weighted by Crippen LogP contribution is 2.19. The number of aryl methyl sites for hydroxylation is 2. The van der Waals surface area contributed by atoms with Crippen LogP contribution in [0.5, 0.6) is 0 Å². The Labute approximate surface area is 101 Å². The highest BCUT2D eigenvalue weighted by atomic mass is 15.3. The molecule has 0 bridgehead atoms. The first-order valence-electron chi connectivity index (χ1n) is 5.56. The Bertz CT molecular complexity index is 477. The summed E-state index contributed by atoms with van der Waals surface area (Å²) in [6.45, 7) is 1.99. The van der Waals surface area contributed by atoms with Crippen LogP contribution in [-0.2, 0) is 13.5 Å². The summed E-state index contributed by atoms with van der Waals surface area (Å²) in [5, 5.41) is 4.33. The fraction of sp³-hybridized carbons (Fsp3) is 0.333. The molecule has 1 unspecified atom stereocenters. The van der Waals surface area contributed by atoms with Crippen molar-refractivity contribution < 1.29 is 0 Å². The standard InChI is InChI=1S/C12H17N5/c1-9-11(8-17(2)16-9)12(15-13)6-10-4-3-5-14-7-10/h3-5,7-8,12,15H,6,13H2,1-2H3. The van der Waals surface area contributed by atoms with Gasteiger partial charge in [-0.3, -0.25) is 20.9 Å². The Morgan fingerprint density at radius 1 is 1.53 bits per heavy atom. The van der Waals surface area contributed by atoms with E-state index in [0.717, 1.165) is 23.2 Å². The third-order valence-corrected chi connectivity index (χ3v) is 2.79. The van der Waals surface area contributed by atoms with Crippen LogP contribution in [0.4, 0.5) is 0 Å². The number of hydrogen-bond donors (Lipinski definition) is 2. The maximum Gasteiger partial charge on any atom is 0.0642 e. The number of aromatic nitrogens is 3. The van der Waals surface area contributed by atoms with Crippen LogP contribution < -0.4 is 11.3 Å². The first kappa shape index (κ1) is 11.8. The van der Waals surface area contributed by atoms with E-state index in [0.29, 0.717) is 0 Å². The molecule has 0 saturated carbocycles. The van der Waals surface area contributed by atoms with Crippen molar-refractivity contribution in [2.75, 3.05) is 0 Å². The van der Waals surface area contributed by atoms with Crippen molar-refractivity contribution in [1.82, 2.24) is 20.2 Å². The SMILES string of the molecule is Cc1nn(C)cc1C(Cc1cccnc1)NN. The summed E-state index contributed by atoms with van der Waals surface area (Å²) < 4.78 is 1.80. The first-order chi connectivity index (χ1) is 8.20. The number of hydrogen-bond acceptors (Lipinski definition) is 4. The molecule has 0 spiro atoms. The van der Waals surface area contributed by atoms with E-state index < -0.39 is 0 Å². The number of nitrogens with two attached hydrogens (primary N) is 1. The van der Waals surface area contributed by atoms with Crippen LogP contribution in [0.1, 0.15) is 22.9 Å². The fourth-order valence-electron chi connectivity index (χ4n) is 1.97. The summed E-state index contributed by atoms with van der Waals surface area (Å²) in [5.74, 6) is 5.62. The van der Waals surface area contributed by atoms with Crippen molar-refractivity contribution in [3.05, 3.63) is 47.5 Å². The number of pyridine rings is 1. The van der Waals surface area contributed by atoms with Gasteiger partial charge in [-0.25, -0.2) is 0 Å². The second kappa shape index (κ2) is 5.07. The minimum absolute atomic E-state index is 0.0629. The lowest BCUT2D eigenvalue weighted by atomic mass is 10.0. The van der Waals surface area contributed by atoms with Gasteiger partial charge in [0, 0.05) is 31.2 Å². The molecule has 1 atom stereocenters. The quantitative estimate of drug-likeness (QED) is 0.605. The van der Waals surface area contributed by atoms with E-state index in [4.69, 9.17) is 5.84 Å². The van der Waals surface area contributed by atoms with Gasteiger partial charge in [0.2, 0.25) is 0 Å². The summed E-state index contributed by atoms with van der Waals surface area (Å²) >= 11 is 0. The molecule has 2 aromatic rings. The Morgan fingerprint density at radius 3 is 2.88 bits per heavy atom. The lowest BCUT2D eigenvalue weighted by molar-refractivity contribution is 0.548. The summed E-state index contributed by atoms with van der Waals surface area (Å²) in [4.78, 5) is 4.10. The molecule has 17 heavy (non-hydrogen) atoms. The molecule has 0 amide bonds. The third-order valence-electron chi connectivity index (χ3n) is 2.79. The van der Waals surface area contributed by atoms with Gasteiger partial charge in [0.1, 0.15) is 0 Å². The Kier molecular flexibility index (Phi) is 3.51. The van der Waals surface area contributed by atoms with Crippen LogP contribution in [0, 0.1) is 6.92 Å². The van der Waals surface area contributed by atoms with Crippen molar-refractivity contribution in [2.45, 2.75) is 19.4 Å². The van der Waals surface area contributed by atoms with Gasteiger partial charge in [-0.05, 0) is 25.0 Å². The number of nitrogens with one attached hydrogen (secondary N) is 1. The second-order valence-corrected chi connectivity index (χ2v) is 4.13. The van der Waals surface area contributed by atoms with Gasteiger partial charge < -0.3 is 0 Å². The lowest BCUT2D eigenvalue weighted by Crippen LogP contribution is -2.29. The summed E-state index contributed by atoms with van der Waals surface area (Å²) in [6, 6.07) is 4.04. The molecule has 0 aliphatic carbocycles. The number of nitrogens with zero attached hydrogens (tertiary/aromatic N) is 3. The smallest absolute Gasteiger partial charge is 0.0642 e. The Balaban J connectivity index is 2.20. The molecule has 2 aromatic heterocycles. The van der Waals surface area contributed by atoms with Crippen molar-refractivity contribution in [3.63, 3.8) is 0 Å². The maximum atomic E-state index is 5.62. The average Bonchev–Trinajstić information content (AvgIpc) is 2.67. The van der Waals surface area contributed by atoms with Gasteiger partial charge in [0.05, 0.1) is 11.7 Å². The summed E-state index contributed by atoms with van der Waals surface area (Å²) in [6.07, 6.45) is 6.42. The van der Waals surface area contributed by atoms with Crippen molar-refractivity contribution >= 4 is 0 Å². The second-order valence-electron chi connectivity index (χ2n) is 4.13. The molecule has 0 aliphatic heterocycles. The van der Waals surface area contributed by atoms with E-state index in [1.165, 1.54) is 0 Å². The zero-order valence-corrected chi connectivity index (χ0v) is 10.1. The molecule has 2 rings (SSSR count). The maximum absolute atomic E-state index is 5.62. The normalized spacial score (nSPS) is 12.6. The number of hydrazine groups is 1. The molecule has 2 heterocycles. The molecule has 5 nitrogen and oxygen atoms in total. The van der Waals surface area contributed by atoms with E-state index in [9.17, 15) is 0 Å². The van der Waals surface area contributed by atoms with Crippen molar-refractivity contribution in [3.8, 4) is 0 Å². The Hall–Kier alpha value is -1.72. The molecule has 5 heteroatoms. The molecule has 0 saturated heterocycles. The number of rotatable bonds is 4. The predicted molar refractivity (Wildman–Crippen MR) is 66.0 cm³/mol. The zero-order chi connectivity index (χ0) is 12.3. The lowest BCUT2D eigenvalue weighted by Gasteiger charge is -2.14. The van der Waals surface area contributed by atoms with E-state index in [1.807, 2.05) is 38.5 Å².